The summed E-state index contributed by atoms with van der Waals surface area (Å²) in [7, 11) is 1.32. The molecule has 1 aliphatic carbocycles. The van der Waals surface area contributed by atoms with Crippen molar-refractivity contribution in [1.82, 2.24) is 19.9 Å². The number of alkyl carbamates (subject to hydrolysis) is 1. The van der Waals surface area contributed by atoms with Crippen LogP contribution in [0.25, 0.3) is 22.5 Å². The van der Waals surface area contributed by atoms with Crippen molar-refractivity contribution in [2.75, 3.05) is 20.3 Å². The zero-order valence-electron chi connectivity index (χ0n) is 26.0. The quantitative estimate of drug-likeness (QED) is 0.245. The van der Waals surface area contributed by atoms with Gasteiger partial charge in [0.15, 0.2) is 16.9 Å². The highest BCUT2D eigenvalue weighted by molar-refractivity contribution is 5.86. The second-order valence-electron chi connectivity index (χ2n) is 12.0. The van der Waals surface area contributed by atoms with E-state index < -0.39 is 11.9 Å². The highest BCUT2D eigenvalue weighted by atomic mass is 16.7. The molecule has 1 aliphatic heterocycles. The van der Waals surface area contributed by atoms with Gasteiger partial charge in [-0.15, -0.1) is 0 Å². The molecule has 2 fully saturated rings. The lowest BCUT2D eigenvalue weighted by atomic mass is 9.81. The predicted molar refractivity (Wildman–Crippen MR) is 173 cm³/mol. The number of methoxy groups -OCH3 is 1. The molecular weight excluding hydrogens is 568 g/mol. The van der Waals surface area contributed by atoms with Crippen molar-refractivity contribution in [3.8, 4) is 11.1 Å². The van der Waals surface area contributed by atoms with Gasteiger partial charge in [0.1, 0.15) is 6.33 Å². The SMILES string of the molecule is C=C(NC(=O)OC)c1ccccc1-c1ccc(Cc2c(CCC)n3ncnc3cc(CC3CCC4(CC3)OCCO4)c2=O)cc1. The van der Waals surface area contributed by atoms with E-state index in [4.69, 9.17) is 14.2 Å². The highest BCUT2D eigenvalue weighted by Crippen LogP contribution is 2.39. The van der Waals surface area contributed by atoms with Crippen LogP contribution in [0.3, 0.4) is 0 Å². The minimum absolute atomic E-state index is 0.0824. The molecule has 3 heterocycles. The third kappa shape index (κ3) is 6.55. The molecule has 2 aliphatic rings. The first-order valence-electron chi connectivity index (χ1n) is 15.8. The van der Waals surface area contributed by atoms with E-state index in [2.05, 4.69) is 41.0 Å². The van der Waals surface area contributed by atoms with Gasteiger partial charge >= 0.3 is 6.09 Å². The zero-order chi connectivity index (χ0) is 31.4. The molecule has 1 spiro atoms. The molecule has 0 atom stereocenters. The Hall–Kier alpha value is -4.34. The first-order valence-corrected chi connectivity index (χ1v) is 15.8. The largest absolute Gasteiger partial charge is 0.453 e. The Kier molecular flexibility index (Phi) is 9.09. The molecule has 0 unspecified atom stereocenters. The Morgan fingerprint density at radius 3 is 2.56 bits per heavy atom. The summed E-state index contributed by atoms with van der Waals surface area (Å²) < 4.78 is 18.5. The van der Waals surface area contributed by atoms with E-state index in [1.807, 2.05) is 47.0 Å². The van der Waals surface area contributed by atoms with E-state index in [9.17, 15) is 9.59 Å². The number of fused-ring (bicyclic) bond motifs is 1. The van der Waals surface area contributed by atoms with Crippen molar-refractivity contribution in [2.45, 2.75) is 64.1 Å². The van der Waals surface area contributed by atoms with E-state index in [0.717, 1.165) is 77.6 Å². The zero-order valence-corrected chi connectivity index (χ0v) is 26.0. The topological polar surface area (TPSA) is 104 Å². The maximum Gasteiger partial charge on any atom is 0.411 e. The normalized spacial score (nSPS) is 16.2. The molecule has 234 valence electrons. The number of aryl methyl sites for hydroxylation is 1. The number of carbonyl (C=O) groups is 1. The number of amides is 1. The van der Waals surface area contributed by atoms with Crippen molar-refractivity contribution in [1.29, 1.82) is 0 Å². The Morgan fingerprint density at radius 1 is 1.11 bits per heavy atom. The van der Waals surface area contributed by atoms with Gasteiger partial charge in [-0.1, -0.05) is 68.5 Å². The van der Waals surface area contributed by atoms with Crippen molar-refractivity contribution in [2.24, 2.45) is 5.92 Å². The number of carbonyl (C=O) groups excluding carboxylic acids is 1. The van der Waals surface area contributed by atoms with Crippen LogP contribution in [0.1, 0.15) is 67.0 Å². The highest BCUT2D eigenvalue weighted by Gasteiger charge is 2.40. The fourth-order valence-corrected chi connectivity index (χ4v) is 6.72. The Balaban J connectivity index is 1.31. The molecule has 9 nitrogen and oxygen atoms in total. The number of ether oxygens (including phenoxy) is 3. The number of nitrogens with zero attached hydrogens (tertiary/aromatic N) is 3. The molecule has 9 heteroatoms. The Bertz CT molecular complexity index is 1750. The smallest absolute Gasteiger partial charge is 0.411 e. The average Bonchev–Trinajstić information content (AvgIpc) is 3.71. The van der Waals surface area contributed by atoms with Gasteiger partial charge in [0.05, 0.1) is 26.0 Å². The van der Waals surface area contributed by atoms with Crippen molar-refractivity contribution in [3.63, 3.8) is 0 Å². The summed E-state index contributed by atoms with van der Waals surface area (Å²) in [5, 5.41) is 7.22. The van der Waals surface area contributed by atoms with E-state index >= 15 is 0 Å². The third-order valence-electron chi connectivity index (χ3n) is 9.06. The van der Waals surface area contributed by atoms with Crippen molar-refractivity contribution >= 4 is 17.4 Å². The van der Waals surface area contributed by atoms with Crippen LogP contribution in [0.15, 0.2) is 72.3 Å². The van der Waals surface area contributed by atoms with Gasteiger partial charge in [-0.3, -0.25) is 10.1 Å². The van der Waals surface area contributed by atoms with Gasteiger partial charge < -0.3 is 14.2 Å². The number of nitrogens with one attached hydrogen (secondary N) is 1. The van der Waals surface area contributed by atoms with Crippen LogP contribution < -0.4 is 10.7 Å². The lowest BCUT2D eigenvalue weighted by Crippen LogP contribution is -2.35. The van der Waals surface area contributed by atoms with Crippen LogP contribution >= 0.6 is 0 Å². The van der Waals surface area contributed by atoms with E-state index in [1.165, 1.54) is 7.11 Å². The number of aromatic nitrogens is 3. The second-order valence-corrected chi connectivity index (χ2v) is 12.0. The van der Waals surface area contributed by atoms with Crippen LogP contribution in [-0.2, 0) is 33.5 Å². The molecule has 2 aromatic heterocycles. The summed E-state index contributed by atoms with van der Waals surface area (Å²) in [6, 6.07) is 17.9. The molecular formula is C36H40N4O5. The summed E-state index contributed by atoms with van der Waals surface area (Å²) in [6.07, 6.45) is 7.43. The van der Waals surface area contributed by atoms with Crippen molar-refractivity contribution < 1.29 is 19.0 Å². The molecule has 45 heavy (non-hydrogen) atoms. The van der Waals surface area contributed by atoms with Crippen LogP contribution in [0, 0.1) is 5.92 Å². The van der Waals surface area contributed by atoms with Crippen LogP contribution in [0.5, 0.6) is 0 Å². The van der Waals surface area contributed by atoms with Gasteiger partial charge in [0.2, 0.25) is 0 Å². The standard InChI is InChI=1S/C36H40N4O5/c1-4-7-32-31(21-25-10-12-27(13-11-25)30-9-6-5-8-29(30)24(2)39-35(42)43-3)34(41)28(22-33-37-23-38-40(32)33)20-26-14-16-36(17-15-26)44-18-19-45-36/h5-6,8-13,22-23,26H,2,4,7,14-21H2,1,3H3,(H,39,42). The average molecular weight is 609 g/mol. The Labute approximate surface area is 263 Å². The first-order chi connectivity index (χ1) is 21.9. The molecule has 2 aromatic carbocycles. The van der Waals surface area contributed by atoms with Gasteiger partial charge in [-0.05, 0) is 54.4 Å². The van der Waals surface area contributed by atoms with Gasteiger partial charge in [-0.2, -0.15) is 5.10 Å². The summed E-state index contributed by atoms with van der Waals surface area (Å²) in [4.78, 5) is 30.7. The fourth-order valence-electron chi connectivity index (χ4n) is 6.72. The third-order valence-corrected chi connectivity index (χ3v) is 9.06. The van der Waals surface area contributed by atoms with Crippen molar-refractivity contribution in [3.05, 3.63) is 106 Å². The monoisotopic (exact) mass is 608 g/mol. The molecule has 1 N–H and O–H groups in total. The maximum atomic E-state index is 14.3. The minimum Gasteiger partial charge on any atom is -0.453 e. The fraction of sp³-hybridized carbons (Fsp3) is 0.389. The number of rotatable bonds is 9. The summed E-state index contributed by atoms with van der Waals surface area (Å²) in [6.45, 7) is 7.47. The number of benzene rings is 2. The van der Waals surface area contributed by atoms with Crippen LogP contribution in [0.2, 0.25) is 0 Å². The lowest BCUT2D eigenvalue weighted by Gasteiger charge is -2.35. The number of hydrogen-bond donors (Lipinski definition) is 1. The van der Waals surface area contributed by atoms with E-state index in [0.29, 0.717) is 43.3 Å². The molecule has 0 bridgehead atoms. The molecule has 1 saturated heterocycles. The molecule has 1 amide bonds. The van der Waals surface area contributed by atoms with E-state index in [1.54, 1.807) is 6.33 Å². The van der Waals surface area contributed by atoms with Gasteiger partial charge in [-0.25, -0.2) is 14.3 Å². The number of hydrogen-bond acceptors (Lipinski definition) is 7. The van der Waals surface area contributed by atoms with Gasteiger partial charge in [0.25, 0.3) is 0 Å². The van der Waals surface area contributed by atoms with Crippen LogP contribution in [-0.4, -0.2) is 46.8 Å². The molecule has 4 aromatic rings. The maximum absolute atomic E-state index is 14.3. The van der Waals surface area contributed by atoms with Crippen LogP contribution in [0.4, 0.5) is 4.79 Å². The molecule has 6 rings (SSSR count). The minimum atomic E-state index is -0.567. The first kappa shape index (κ1) is 30.7. The summed E-state index contributed by atoms with van der Waals surface area (Å²) in [5.41, 5.74) is 7.46. The van der Waals surface area contributed by atoms with Gasteiger partial charge in [0, 0.05) is 41.6 Å². The van der Waals surface area contributed by atoms with E-state index in [-0.39, 0.29) is 5.43 Å². The summed E-state index contributed by atoms with van der Waals surface area (Å²) >= 11 is 0. The Morgan fingerprint density at radius 2 is 1.84 bits per heavy atom. The second kappa shape index (κ2) is 13.3. The predicted octanol–water partition coefficient (Wildman–Crippen LogP) is 6.10. The lowest BCUT2D eigenvalue weighted by molar-refractivity contribution is -0.182. The molecule has 1 saturated carbocycles. The summed E-state index contributed by atoms with van der Waals surface area (Å²) in [5.74, 6) is -0.0397. The molecule has 0 radical (unpaired) electrons.